The summed E-state index contributed by atoms with van der Waals surface area (Å²) in [5.41, 5.74) is 1.98. The molecule has 7 rings (SSSR count). The molecule has 0 bridgehead atoms. The van der Waals surface area contributed by atoms with Crippen molar-refractivity contribution in [1.29, 1.82) is 0 Å². The molecule has 20 atom stereocenters. The highest BCUT2D eigenvalue weighted by Gasteiger charge is 2.46. The summed E-state index contributed by atoms with van der Waals surface area (Å²) in [6.45, 7) is 35.2. The van der Waals surface area contributed by atoms with Crippen molar-refractivity contribution in [2.24, 2.45) is 76.0 Å². The third-order valence-electron chi connectivity index (χ3n) is 20.2. The lowest BCUT2D eigenvalue weighted by Gasteiger charge is -2.43. The molecule has 1 saturated carbocycles. The Hall–Kier alpha value is -6.57. The minimum Gasteiger partial charge on any atom is -0.481 e. The van der Waals surface area contributed by atoms with Gasteiger partial charge in [0.2, 0.25) is 6.29 Å². The van der Waals surface area contributed by atoms with Crippen LogP contribution in [0.5, 0.6) is 0 Å². The fraction of sp³-hybridized carbons (Fsp3) is 0.727. The van der Waals surface area contributed by atoms with E-state index in [2.05, 4.69) is 74.2 Å². The monoisotopic (exact) mass is 1430 g/mol. The Labute approximate surface area is 599 Å². The quantitative estimate of drug-likeness (QED) is 0.0434. The third kappa shape index (κ3) is 33.6. The number of carbonyl (C=O) groups excluding carboxylic acids is 7. The van der Waals surface area contributed by atoms with E-state index >= 15 is 0 Å². The molecule has 0 aromatic heterocycles. The Morgan fingerprint density at radius 1 is 0.436 bits per heavy atom. The molecular weight excluding hydrogens is 1310 g/mol. The van der Waals surface area contributed by atoms with Gasteiger partial charge in [0.1, 0.15) is 39.1 Å². The summed E-state index contributed by atoms with van der Waals surface area (Å²) in [6.07, 6.45) is 4.33. The Morgan fingerprint density at radius 2 is 0.812 bits per heavy atom. The molecule has 2 aromatic carbocycles. The number of aliphatic hydroxyl groups is 1. The summed E-state index contributed by atoms with van der Waals surface area (Å²) >= 11 is 0. The van der Waals surface area contributed by atoms with Crippen molar-refractivity contribution in [3.8, 4) is 0 Å². The maximum atomic E-state index is 11.9. The summed E-state index contributed by atoms with van der Waals surface area (Å²) in [5.74, 6) is 1.99. The maximum absolute atomic E-state index is 11.9. The number of unbranched alkanes of at least 4 members (excludes halogenated alkanes) is 3. The van der Waals surface area contributed by atoms with Gasteiger partial charge in [-0.15, -0.1) is 0 Å². The van der Waals surface area contributed by atoms with Crippen molar-refractivity contribution in [2.45, 2.75) is 244 Å². The van der Waals surface area contributed by atoms with Crippen molar-refractivity contribution < 1.29 is 110 Å². The van der Waals surface area contributed by atoms with E-state index in [0.29, 0.717) is 120 Å². The third-order valence-corrected chi connectivity index (χ3v) is 20.2. The zero-order chi connectivity index (χ0) is 75.3. The van der Waals surface area contributed by atoms with Crippen molar-refractivity contribution in [2.75, 3.05) is 46.2 Å². The van der Waals surface area contributed by atoms with Crippen LogP contribution in [0.15, 0.2) is 65.7 Å². The van der Waals surface area contributed by atoms with E-state index in [9.17, 15) is 38.4 Å². The molecule has 4 fully saturated rings. The number of hydrogen-bond donors (Lipinski definition) is 2. The number of carboxylic acid groups (broad SMARTS) is 1. The second-order valence-corrected chi connectivity index (χ2v) is 27.7. The number of carbonyl (C=O) groups is 8. The number of carboxylic acids is 1. The second kappa shape index (κ2) is 47.6. The number of rotatable bonds is 29. The van der Waals surface area contributed by atoms with Crippen LogP contribution in [0.1, 0.15) is 193 Å². The lowest BCUT2D eigenvalue weighted by Crippen LogP contribution is -2.48. The Bertz CT molecular complexity index is 2780. The molecular formula is C77H121NO23. The number of fused-ring (bicyclic) bond motifs is 1. The van der Waals surface area contributed by atoms with Gasteiger partial charge >= 0.3 is 47.8 Å². The van der Waals surface area contributed by atoms with E-state index in [4.69, 9.17) is 71.8 Å². The molecule has 0 spiro atoms. The van der Waals surface area contributed by atoms with Crippen LogP contribution in [-0.2, 0) is 113 Å². The number of aliphatic hydroxyl groups excluding tert-OH is 1. The Morgan fingerprint density at radius 3 is 1.20 bits per heavy atom. The maximum Gasteiger partial charge on any atom is 0.306 e. The SMILES string of the molecule is CC(=O)OCC1C[C@H]2OC(C)=N[C@H]2C(C)[C@H]1C.CC(=O)OCC1O[C@@H](OC(C)=O)C(C)[C@@H](C)[C@H]1C.CC(=O)OCC1O[C@@H](OCCCCC(=O)O)C(C)[C@@H](C)[C@H]1C.CC(=O)OCC1O[C@@H](OCCCCC(=O)OCc2ccccc2)C(C)[C@@H](C)[C@H]1C.O=C(CCCCO)OCc1ccccc1. The normalized spacial score (nSPS) is 29.2. The van der Waals surface area contributed by atoms with Gasteiger partial charge < -0.3 is 71.8 Å². The molecule has 4 heterocycles. The van der Waals surface area contributed by atoms with Crippen molar-refractivity contribution in [3.63, 3.8) is 0 Å². The zero-order valence-electron chi connectivity index (χ0n) is 63.2. The molecule has 5 aliphatic rings. The average Bonchev–Trinajstić information content (AvgIpc) is 1.75. The highest BCUT2D eigenvalue weighted by molar-refractivity contribution is 5.75. The van der Waals surface area contributed by atoms with Gasteiger partial charge in [-0.3, -0.25) is 38.4 Å². The first kappa shape index (κ1) is 88.6. The molecule has 24 heteroatoms. The topological polar surface area (TPSA) is 309 Å². The molecule has 2 aromatic rings. The molecule has 572 valence electrons. The number of hydrogen-bond acceptors (Lipinski definition) is 23. The number of esters is 7. The molecule has 101 heavy (non-hydrogen) atoms. The first-order chi connectivity index (χ1) is 47.8. The van der Waals surface area contributed by atoms with Crippen LogP contribution in [0.25, 0.3) is 0 Å². The molecule has 2 N–H and O–H groups in total. The van der Waals surface area contributed by atoms with Gasteiger partial charge in [0.15, 0.2) is 18.5 Å². The van der Waals surface area contributed by atoms with Gasteiger partial charge in [0.05, 0.1) is 31.0 Å². The number of aliphatic carboxylic acids is 1. The van der Waals surface area contributed by atoms with Crippen LogP contribution in [0, 0.1) is 71.0 Å². The lowest BCUT2D eigenvalue weighted by atomic mass is 9.70. The summed E-state index contributed by atoms with van der Waals surface area (Å²) in [7, 11) is 0. The van der Waals surface area contributed by atoms with Crippen LogP contribution in [0.4, 0.5) is 0 Å². The second-order valence-electron chi connectivity index (χ2n) is 27.7. The highest BCUT2D eigenvalue weighted by Crippen LogP contribution is 2.41. The molecule has 0 amide bonds. The standard InChI is InChI=1S/C23H34O6.C16H28O6.C13H21NO3.C13H22O5.C12H16O3/c1-16-17(2)21(15-27-19(4)24)29-23(18(16)3)26-13-9-8-12-22(25)28-14-20-10-6-5-7-11-20;1-10-11(2)14(9-21-13(4)17)22-16(12(10)3)20-8-6-5-7-15(18)19;1-7-8(2)13-12(17-9(3)14-13)5-11(7)6-16-10(4)15;1-7-8(2)12(6-16-10(4)14)18-13(9(7)3)17-11(5)15;13-9-5-4-8-12(14)15-10-11-6-2-1-3-7-11/h5-7,10-11,16-18,21,23H,8-9,12-15H2,1-4H3;10-12,14,16H,5-9H2,1-4H3,(H,18,19);7-8,11-13H,5-6H2,1-4H3;7-9,12-13H,6H2,1-5H3;1-3,6-7,13H,4-5,8-10H2/t16-,17+,18?,21?,23+;10-,11+,12?,14?,16+;7-,8?,11?,12-,13+;7-,8+,9?,12?,13+;/m0010./s1. The van der Waals surface area contributed by atoms with Crippen LogP contribution in [0.2, 0.25) is 0 Å². The summed E-state index contributed by atoms with van der Waals surface area (Å²) in [6, 6.07) is 19.5. The van der Waals surface area contributed by atoms with Gasteiger partial charge in [-0.2, -0.15) is 0 Å². The van der Waals surface area contributed by atoms with Crippen LogP contribution in [0.3, 0.4) is 0 Å². The van der Waals surface area contributed by atoms with E-state index in [1.165, 1.54) is 34.6 Å². The number of nitrogens with zero attached hydrogens (tertiary/aromatic N) is 1. The predicted octanol–water partition coefficient (Wildman–Crippen LogP) is 12.2. The van der Waals surface area contributed by atoms with Gasteiger partial charge in [-0.05, 0) is 109 Å². The van der Waals surface area contributed by atoms with Crippen molar-refractivity contribution in [1.82, 2.24) is 0 Å². The fourth-order valence-corrected chi connectivity index (χ4v) is 12.4. The fourth-order valence-electron chi connectivity index (χ4n) is 12.4. The molecule has 4 aliphatic heterocycles. The van der Waals surface area contributed by atoms with E-state index in [1.807, 2.05) is 74.5 Å². The van der Waals surface area contributed by atoms with E-state index < -0.39 is 12.3 Å². The number of aliphatic imine (C=N–C) groups is 1. The van der Waals surface area contributed by atoms with Crippen LogP contribution < -0.4 is 0 Å². The Balaban J connectivity index is 0.000000335. The zero-order valence-corrected chi connectivity index (χ0v) is 63.2. The molecule has 24 nitrogen and oxygen atoms in total. The minimum absolute atomic E-state index is 0.123. The van der Waals surface area contributed by atoms with Gasteiger partial charge in [-0.1, -0.05) is 137 Å². The summed E-state index contributed by atoms with van der Waals surface area (Å²) < 4.78 is 71.0. The van der Waals surface area contributed by atoms with Crippen molar-refractivity contribution in [3.05, 3.63) is 71.8 Å². The van der Waals surface area contributed by atoms with E-state index in [1.54, 1.807) is 0 Å². The molecule has 1 aliphatic carbocycles. The van der Waals surface area contributed by atoms with E-state index in [0.717, 1.165) is 29.9 Å². The van der Waals surface area contributed by atoms with Gasteiger partial charge in [0, 0.05) is 98.4 Å². The van der Waals surface area contributed by atoms with Crippen LogP contribution >= 0.6 is 0 Å². The van der Waals surface area contributed by atoms with Gasteiger partial charge in [-0.25, -0.2) is 4.99 Å². The number of ether oxygens (including phenoxy) is 13. The van der Waals surface area contributed by atoms with Crippen molar-refractivity contribution >= 4 is 53.7 Å². The largest absolute Gasteiger partial charge is 0.481 e. The molecule has 8 unspecified atom stereocenters. The summed E-state index contributed by atoms with van der Waals surface area (Å²) in [5, 5.41) is 17.1. The average molecular weight is 1430 g/mol. The lowest BCUT2D eigenvalue weighted by molar-refractivity contribution is -0.255. The minimum atomic E-state index is -0.786. The van der Waals surface area contributed by atoms with Gasteiger partial charge in [0.25, 0.3) is 0 Å². The first-order valence-corrected chi connectivity index (χ1v) is 36.2. The summed E-state index contributed by atoms with van der Waals surface area (Å²) in [4.78, 5) is 92.9. The predicted molar refractivity (Wildman–Crippen MR) is 376 cm³/mol. The first-order valence-electron chi connectivity index (χ1n) is 36.2. The van der Waals surface area contributed by atoms with E-state index in [-0.39, 0.29) is 147 Å². The van der Waals surface area contributed by atoms with Crippen LogP contribution in [-0.4, -0.2) is 159 Å². The Kier molecular flexibility index (Phi) is 41.8. The number of benzene rings is 2. The molecule has 0 radical (unpaired) electrons. The smallest absolute Gasteiger partial charge is 0.306 e. The molecule has 3 saturated heterocycles. The highest BCUT2D eigenvalue weighted by atomic mass is 16.7.